The molecule has 120 valence electrons. The summed E-state index contributed by atoms with van der Waals surface area (Å²) in [6, 6.07) is 14.8. The van der Waals surface area contributed by atoms with E-state index in [-0.39, 0.29) is 0 Å². The molecule has 0 saturated heterocycles. The number of hydrogen-bond acceptors (Lipinski definition) is 1. The lowest BCUT2D eigenvalue weighted by Gasteiger charge is -2.13. The van der Waals surface area contributed by atoms with Crippen LogP contribution in [0.3, 0.4) is 0 Å². The van der Waals surface area contributed by atoms with Crippen LogP contribution in [0.1, 0.15) is 58.8 Å². The summed E-state index contributed by atoms with van der Waals surface area (Å²) in [5.41, 5.74) is 0. The van der Waals surface area contributed by atoms with Gasteiger partial charge in [-0.3, -0.25) is 0 Å². The summed E-state index contributed by atoms with van der Waals surface area (Å²) in [5, 5.41) is 2.53. The summed E-state index contributed by atoms with van der Waals surface area (Å²) in [7, 11) is 0. The van der Waals surface area contributed by atoms with Crippen molar-refractivity contribution in [3.05, 3.63) is 42.5 Å². The van der Waals surface area contributed by atoms with E-state index in [0.717, 1.165) is 12.4 Å². The van der Waals surface area contributed by atoms with Crippen molar-refractivity contribution in [1.82, 2.24) is 0 Å². The Morgan fingerprint density at radius 1 is 0.864 bits per heavy atom. The molecule has 0 aromatic heterocycles. The summed E-state index contributed by atoms with van der Waals surface area (Å²) in [6.45, 7) is 5.40. The molecule has 1 heteroatoms. The predicted molar refractivity (Wildman–Crippen MR) is 96.6 cm³/mol. The lowest BCUT2D eigenvalue weighted by Crippen LogP contribution is -2.08. The molecule has 0 bridgehead atoms. The van der Waals surface area contributed by atoms with Gasteiger partial charge in [-0.2, -0.15) is 0 Å². The molecule has 0 fully saturated rings. The summed E-state index contributed by atoms with van der Waals surface area (Å²) in [5.74, 6) is 1.63. The Balaban J connectivity index is 1.67. The number of rotatable bonds is 10. The van der Waals surface area contributed by atoms with E-state index in [9.17, 15) is 0 Å². The van der Waals surface area contributed by atoms with Crippen LogP contribution < -0.4 is 4.74 Å². The van der Waals surface area contributed by atoms with Crippen LogP contribution in [0.2, 0.25) is 0 Å². The highest BCUT2D eigenvalue weighted by Crippen LogP contribution is 2.21. The van der Waals surface area contributed by atoms with Crippen molar-refractivity contribution in [2.24, 2.45) is 5.92 Å². The zero-order valence-electron chi connectivity index (χ0n) is 14.2. The van der Waals surface area contributed by atoms with Crippen molar-refractivity contribution in [3.63, 3.8) is 0 Å². The van der Waals surface area contributed by atoms with Crippen LogP contribution in [0, 0.1) is 5.92 Å². The molecule has 0 aliphatic rings. The van der Waals surface area contributed by atoms with Crippen LogP contribution in [-0.4, -0.2) is 6.61 Å². The van der Waals surface area contributed by atoms with Gasteiger partial charge in [0.2, 0.25) is 0 Å². The van der Waals surface area contributed by atoms with Crippen molar-refractivity contribution in [2.75, 3.05) is 6.61 Å². The molecule has 1 nitrogen and oxygen atoms in total. The fourth-order valence-corrected chi connectivity index (χ4v) is 2.85. The molecule has 0 amide bonds. The van der Waals surface area contributed by atoms with Gasteiger partial charge in [0.1, 0.15) is 5.75 Å². The molecule has 2 aromatic rings. The van der Waals surface area contributed by atoms with Crippen LogP contribution in [0.4, 0.5) is 0 Å². The second kappa shape index (κ2) is 9.50. The minimum absolute atomic E-state index is 0.637. The van der Waals surface area contributed by atoms with Crippen molar-refractivity contribution in [3.8, 4) is 5.75 Å². The monoisotopic (exact) mass is 298 g/mol. The van der Waals surface area contributed by atoms with E-state index in [4.69, 9.17) is 4.74 Å². The molecule has 2 rings (SSSR count). The first-order valence-corrected chi connectivity index (χ1v) is 8.91. The summed E-state index contributed by atoms with van der Waals surface area (Å²) >= 11 is 0. The lowest BCUT2D eigenvalue weighted by molar-refractivity contribution is 0.249. The minimum atomic E-state index is 0.637. The molecule has 0 radical (unpaired) electrons. The third kappa shape index (κ3) is 5.71. The average Bonchev–Trinajstić information content (AvgIpc) is 2.56. The molecule has 1 unspecified atom stereocenters. The molecule has 0 saturated carbocycles. The second-order valence-corrected chi connectivity index (χ2v) is 6.48. The SMILES string of the molecule is CCCCCCCCC(C)COc1ccc2ccccc2c1. The van der Waals surface area contributed by atoms with Crippen LogP contribution in [0.15, 0.2) is 42.5 Å². The molecule has 0 spiro atoms. The zero-order valence-corrected chi connectivity index (χ0v) is 14.2. The minimum Gasteiger partial charge on any atom is -0.493 e. The van der Waals surface area contributed by atoms with Gasteiger partial charge in [0.05, 0.1) is 6.61 Å². The molecule has 1 atom stereocenters. The summed E-state index contributed by atoms with van der Waals surface area (Å²) in [4.78, 5) is 0. The number of unbranched alkanes of at least 4 members (excludes halogenated alkanes) is 5. The van der Waals surface area contributed by atoms with Gasteiger partial charge in [0, 0.05) is 0 Å². The fraction of sp³-hybridized carbons (Fsp3) is 0.524. The maximum Gasteiger partial charge on any atom is 0.119 e. The third-order valence-electron chi connectivity index (χ3n) is 4.31. The van der Waals surface area contributed by atoms with Crippen molar-refractivity contribution < 1.29 is 4.74 Å². The Morgan fingerprint density at radius 3 is 2.41 bits per heavy atom. The quantitative estimate of drug-likeness (QED) is 0.449. The molecular formula is C21H30O. The Morgan fingerprint density at radius 2 is 1.59 bits per heavy atom. The van der Waals surface area contributed by atoms with Gasteiger partial charge in [-0.1, -0.05) is 82.7 Å². The Kier molecular flexibility index (Phi) is 7.28. The average molecular weight is 298 g/mol. The van der Waals surface area contributed by atoms with Gasteiger partial charge in [0.15, 0.2) is 0 Å². The fourth-order valence-electron chi connectivity index (χ4n) is 2.85. The van der Waals surface area contributed by atoms with E-state index in [2.05, 4.69) is 56.3 Å². The Hall–Kier alpha value is -1.50. The van der Waals surface area contributed by atoms with Crippen LogP contribution >= 0.6 is 0 Å². The topological polar surface area (TPSA) is 9.23 Å². The van der Waals surface area contributed by atoms with E-state index in [1.807, 2.05) is 0 Å². The largest absolute Gasteiger partial charge is 0.493 e. The predicted octanol–water partition coefficient (Wildman–Crippen LogP) is 6.61. The highest BCUT2D eigenvalue weighted by atomic mass is 16.5. The molecule has 0 aliphatic heterocycles. The van der Waals surface area contributed by atoms with E-state index < -0.39 is 0 Å². The number of hydrogen-bond donors (Lipinski definition) is 0. The van der Waals surface area contributed by atoms with Crippen molar-refractivity contribution in [1.29, 1.82) is 0 Å². The molecule has 2 aromatic carbocycles. The third-order valence-corrected chi connectivity index (χ3v) is 4.31. The number of fused-ring (bicyclic) bond motifs is 1. The van der Waals surface area contributed by atoms with E-state index in [1.54, 1.807) is 0 Å². The van der Waals surface area contributed by atoms with Gasteiger partial charge >= 0.3 is 0 Å². The number of ether oxygens (including phenoxy) is 1. The van der Waals surface area contributed by atoms with Gasteiger partial charge in [-0.25, -0.2) is 0 Å². The number of benzene rings is 2. The molecule has 0 aliphatic carbocycles. The second-order valence-electron chi connectivity index (χ2n) is 6.48. The summed E-state index contributed by atoms with van der Waals surface area (Å²) < 4.78 is 5.97. The molecule has 0 N–H and O–H groups in total. The first-order chi connectivity index (χ1) is 10.8. The smallest absolute Gasteiger partial charge is 0.119 e. The first kappa shape index (κ1) is 16.9. The highest BCUT2D eigenvalue weighted by molar-refractivity contribution is 5.83. The zero-order chi connectivity index (χ0) is 15.6. The molecule has 22 heavy (non-hydrogen) atoms. The van der Waals surface area contributed by atoms with Crippen LogP contribution in [0.5, 0.6) is 5.75 Å². The van der Waals surface area contributed by atoms with E-state index in [1.165, 1.54) is 55.7 Å². The highest BCUT2D eigenvalue weighted by Gasteiger charge is 2.04. The van der Waals surface area contributed by atoms with Crippen molar-refractivity contribution >= 4 is 10.8 Å². The van der Waals surface area contributed by atoms with E-state index >= 15 is 0 Å². The Bertz CT molecular complexity index is 546. The van der Waals surface area contributed by atoms with Crippen LogP contribution in [-0.2, 0) is 0 Å². The van der Waals surface area contributed by atoms with Crippen molar-refractivity contribution in [2.45, 2.75) is 58.8 Å². The normalized spacial score (nSPS) is 12.5. The Labute approximate surface area is 135 Å². The lowest BCUT2D eigenvalue weighted by atomic mass is 10.0. The van der Waals surface area contributed by atoms with Gasteiger partial charge < -0.3 is 4.74 Å². The standard InChI is InChI=1S/C21H30O/c1-3-4-5-6-7-8-11-18(2)17-22-21-15-14-19-12-9-10-13-20(19)16-21/h9-10,12-16,18H,3-8,11,17H2,1-2H3. The van der Waals surface area contributed by atoms with Crippen LogP contribution in [0.25, 0.3) is 10.8 Å². The van der Waals surface area contributed by atoms with Gasteiger partial charge in [0.25, 0.3) is 0 Å². The van der Waals surface area contributed by atoms with E-state index in [0.29, 0.717) is 5.92 Å². The van der Waals surface area contributed by atoms with Gasteiger partial charge in [-0.15, -0.1) is 0 Å². The first-order valence-electron chi connectivity index (χ1n) is 8.91. The maximum atomic E-state index is 5.97. The molecule has 0 heterocycles. The maximum absolute atomic E-state index is 5.97. The molecular weight excluding hydrogens is 268 g/mol. The summed E-state index contributed by atoms with van der Waals surface area (Å²) in [6.07, 6.45) is 9.51. The van der Waals surface area contributed by atoms with Gasteiger partial charge in [-0.05, 0) is 35.2 Å².